The Morgan fingerprint density at radius 1 is 0.933 bits per heavy atom. The number of nitrogens with one attached hydrogen (secondary N) is 2. The molecule has 7 nitrogen and oxygen atoms in total. The van der Waals surface area contributed by atoms with Crippen molar-refractivity contribution in [3.8, 4) is 0 Å². The largest absolute Gasteiger partial charge is 0.438 e. The third-order valence-corrected chi connectivity index (χ3v) is 5.80. The van der Waals surface area contributed by atoms with E-state index in [1.54, 1.807) is 26.8 Å². The molecule has 2 N–H and O–H groups in total. The van der Waals surface area contributed by atoms with Crippen molar-refractivity contribution in [3.05, 3.63) is 72.5 Å². The molecule has 30 heavy (non-hydrogen) atoms. The van der Waals surface area contributed by atoms with Crippen molar-refractivity contribution in [1.29, 1.82) is 0 Å². The molecule has 0 radical (unpaired) electrons. The normalized spacial score (nSPS) is 11.9. The van der Waals surface area contributed by atoms with E-state index in [2.05, 4.69) is 10.0 Å². The first kappa shape index (κ1) is 21.6. The summed E-state index contributed by atoms with van der Waals surface area (Å²) >= 11 is 0. The van der Waals surface area contributed by atoms with E-state index >= 15 is 0 Å². The number of carbonyl (C=O) groups excluding carboxylic acids is 1. The summed E-state index contributed by atoms with van der Waals surface area (Å²) in [5.74, 6) is -0.637. The van der Waals surface area contributed by atoms with Crippen LogP contribution in [0.3, 0.4) is 0 Å². The summed E-state index contributed by atoms with van der Waals surface area (Å²) in [6.45, 7) is 5.17. The quantitative estimate of drug-likeness (QED) is 0.609. The molecule has 0 aliphatic heterocycles. The second kappa shape index (κ2) is 8.33. The number of rotatable bonds is 6. The molecule has 0 bridgehead atoms. The van der Waals surface area contributed by atoms with Gasteiger partial charge in [0.15, 0.2) is 5.76 Å². The fraction of sp³-hybridized carbons (Fsp3) is 0.227. The van der Waals surface area contributed by atoms with Crippen molar-refractivity contribution in [2.45, 2.75) is 31.4 Å². The van der Waals surface area contributed by atoms with Crippen LogP contribution in [0.1, 0.15) is 31.3 Å². The molecule has 0 unspecified atom stereocenters. The monoisotopic (exact) mass is 427 g/mol. The van der Waals surface area contributed by atoms with Crippen LogP contribution in [-0.2, 0) is 10.0 Å². The molecule has 0 spiro atoms. The molecule has 3 rings (SSSR count). The van der Waals surface area contributed by atoms with Crippen molar-refractivity contribution < 1.29 is 17.6 Å². The first-order chi connectivity index (χ1) is 14.1. The van der Waals surface area contributed by atoms with Gasteiger partial charge in [0.1, 0.15) is 0 Å². The topological polar surface area (TPSA) is 91.7 Å². The van der Waals surface area contributed by atoms with Gasteiger partial charge in [0.25, 0.3) is 15.9 Å². The fourth-order valence-corrected chi connectivity index (χ4v) is 4.24. The van der Waals surface area contributed by atoms with Crippen molar-refractivity contribution >= 4 is 33.0 Å². The lowest BCUT2D eigenvalue weighted by molar-refractivity contribution is 0.0991. The van der Waals surface area contributed by atoms with E-state index in [1.807, 2.05) is 60.5 Å². The van der Waals surface area contributed by atoms with Crippen molar-refractivity contribution in [2.24, 2.45) is 0 Å². The molecule has 1 heterocycles. The average Bonchev–Trinajstić information content (AvgIpc) is 3.18. The van der Waals surface area contributed by atoms with Crippen LogP contribution in [0.2, 0.25) is 0 Å². The minimum atomic E-state index is -3.87. The standard InChI is InChI=1S/C22H25N3O4S/c1-22(2,3)24-30(27,28)20-15-14-19(29-20)21(26)23-17-12-8-9-13-18(17)25(4)16-10-6-5-7-11-16/h5-15,24H,1-4H3,(H,23,26). The highest BCUT2D eigenvalue weighted by Crippen LogP contribution is 2.31. The van der Waals surface area contributed by atoms with Crippen LogP contribution >= 0.6 is 0 Å². The van der Waals surface area contributed by atoms with Gasteiger partial charge in [0.05, 0.1) is 11.4 Å². The molecule has 0 fully saturated rings. The van der Waals surface area contributed by atoms with Gasteiger partial charge in [-0.3, -0.25) is 4.79 Å². The molecule has 0 saturated carbocycles. The van der Waals surface area contributed by atoms with Crippen LogP contribution in [0.25, 0.3) is 0 Å². The molecular weight excluding hydrogens is 402 g/mol. The third kappa shape index (κ3) is 5.08. The number of amides is 1. The molecule has 0 atom stereocenters. The molecular formula is C22H25N3O4S. The van der Waals surface area contributed by atoms with Gasteiger partial charge in [-0.25, -0.2) is 13.1 Å². The molecule has 2 aromatic carbocycles. The summed E-state index contributed by atoms with van der Waals surface area (Å²) in [5, 5.41) is 2.49. The number of para-hydroxylation sites is 3. The van der Waals surface area contributed by atoms with Crippen molar-refractivity contribution in [1.82, 2.24) is 4.72 Å². The Labute approximate surface area is 176 Å². The van der Waals surface area contributed by atoms with E-state index in [1.165, 1.54) is 12.1 Å². The maximum absolute atomic E-state index is 12.7. The van der Waals surface area contributed by atoms with Crippen molar-refractivity contribution in [2.75, 3.05) is 17.3 Å². The Morgan fingerprint density at radius 3 is 2.23 bits per heavy atom. The van der Waals surface area contributed by atoms with Gasteiger partial charge in [-0.05, 0) is 57.2 Å². The van der Waals surface area contributed by atoms with Crippen LogP contribution in [0.4, 0.5) is 17.1 Å². The molecule has 158 valence electrons. The molecule has 0 aliphatic rings. The predicted molar refractivity (Wildman–Crippen MR) is 118 cm³/mol. The molecule has 8 heteroatoms. The maximum atomic E-state index is 12.7. The Hall–Kier alpha value is -3.10. The summed E-state index contributed by atoms with van der Waals surface area (Å²) < 4.78 is 32.6. The third-order valence-electron chi connectivity index (χ3n) is 4.17. The van der Waals surface area contributed by atoms with Gasteiger partial charge in [-0.15, -0.1) is 0 Å². The van der Waals surface area contributed by atoms with Crippen molar-refractivity contribution in [3.63, 3.8) is 0 Å². The van der Waals surface area contributed by atoms with Crippen LogP contribution in [0.5, 0.6) is 0 Å². The Bertz CT molecular complexity index is 1130. The van der Waals surface area contributed by atoms with Crippen LogP contribution in [0.15, 0.2) is 76.2 Å². The lowest BCUT2D eigenvalue weighted by Gasteiger charge is -2.22. The minimum absolute atomic E-state index is 0.0959. The highest BCUT2D eigenvalue weighted by Gasteiger charge is 2.26. The number of benzene rings is 2. The smallest absolute Gasteiger partial charge is 0.291 e. The van der Waals surface area contributed by atoms with Gasteiger partial charge < -0.3 is 14.6 Å². The van der Waals surface area contributed by atoms with Gasteiger partial charge in [0, 0.05) is 18.3 Å². The zero-order valence-electron chi connectivity index (χ0n) is 17.3. The number of carbonyl (C=O) groups is 1. The summed E-state index contributed by atoms with van der Waals surface area (Å²) in [6.07, 6.45) is 0. The second-order valence-corrected chi connectivity index (χ2v) is 9.45. The van der Waals surface area contributed by atoms with E-state index < -0.39 is 21.5 Å². The number of hydrogen-bond donors (Lipinski definition) is 2. The van der Waals surface area contributed by atoms with Crippen LogP contribution in [0, 0.1) is 0 Å². The Balaban J connectivity index is 1.82. The Kier molecular flexibility index (Phi) is 6.00. The second-order valence-electron chi connectivity index (χ2n) is 7.84. The predicted octanol–water partition coefficient (Wildman–Crippen LogP) is 4.38. The van der Waals surface area contributed by atoms with Crippen LogP contribution in [-0.4, -0.2) is 26.9 Å². The maximum Gasteiger partial charge on any atom is 0.291 e. The first-order valence-corrected chi connectivity index (χ1v) is 10.9. The molecule has 0 saturated heterocycles. The number of sulfonamides is 1. The van der Waals surface area contributed by atoms with Gasteiger partial charge in [-0.2, -0.15) is 0 Å². The number of hydrogen-bond acceptors (Lipinski definition) is 5. The van der Waals surface area contributed by atoms with E-state index in [-0.39, 0.29) is 10.9 Å². The summed E-state index contributed by atoms with van der Waals surface area (Å²) in [6, 6.07) is 19.7. The van der Waals surface area contributed by atoms with E-state index in [4.69, 9.17) is 4.42 Å². The number of nitrogens with zero attached hydrogens (tertiary/aromatic N) is 1. The van der Waals surface area contributed by atoms with Gasteiger partial charge in [0.2, 0.25) is 5.09 Å². The lowest BCUT2D eigenvalue weighted by Crippen LogP contribution is -2.40. The zero-order valence-corrected chi connectivity index (χ0v) is 18.2. The van der Waals surface area contributed by atoms with E-state index in [9.17, 15) is 13.2 Å². The Morgan fingerprint density at radius 2 is 1.57 bits per heavy atom. The summed E-state index contributed by atoms with van der Waals surface area (Å²) in [5.41, 5.74) is 1.64. The highest BCUT2D eigenvalue weighted by molar-refractivity contribution is 7.89. The molecule has 1 amide bonds. The summed E-state index contributed by atoms with van der Waals surface area (Å²) in [7, 11) is -1.97. The van der Waals surface area contributed by atoms with Crippen LogP contribution < -0.4 is 14.9 Å². The highest BCUT2D eigenvalue weighted by atomic mass is 32.2. The van der Waals surface area contributed by atoms with Gasteiger partial charge >= 0.3 is 0 Å². The first-order valence-electron chi connectivity index (χ1n) is 9.40. The number of furan rings is 1. The average molecular weight is 428 g/mol. The minimum Gasteiger partial charge on any atom is -0.438 e. The SMILES string of the molecule is CN(c1ccccc1)c1ccccc1NC(=O)c1ccc(S(=O)(=O)NC(C)(C)C)o1. The lowest BCUT2D eigenvalue weighted by atomic mass is 10.1. The van der Waals surface area contributed by atoms with E-state index in [0.29, 0.717) is 5.69 Å². The molecule has 3 aromatic rings. The van der Waals surface area contributed by atoms with E-state index in [0.717, 1.165) is 11.4 Å². The summed E-state index contributed by atoms with van der Waals surface area (Å²) in [4.78, 5) is 14.7. The fourth-order valence-electron chi connectivity index (χ4n) is 2.89. The molecule has 1 aromatic heterocycles. The number of anilines is 3. The zero-order chi connectivity index (χ0) is 21.9. The van der Waals surface area contributed by atoms with Gasteiger partial charge in [-0.1, -0.05) is 30.3 Å². The molecule has 0 aliphatic carbocycles.